The van der Waals surface area contributed by atoms with E-state index < -0.39 is 5.60 Å². The van der Waals surface area contributed by atoms with Gasteiger partial charge in [0.25, 0.3) is 0 Å². The zero-order valence-corrected chi connectivity index (χ0v) is 22.0. The van der Waals surface area contributed by atoms with Crippen molar-refractivity contribution >= 4 is 28.7 Å². The van der Waals surface area contributed by atoms with Gasteiger partial charge in [-0.1, -0.05) is 17.7 Å². The summed E-state index contributed by atoms with van der Waals surface area (Å²) in [7, 11) is 0. The molecule has 1 atom stereocenters. The van der Waals surface area contributed by atoms with E-state index in [4.69, 9.17) is 26.1 Å². The SMILES string of the molecule is Cc1ccc2c(c1)nc(COc1ccc(Cl)cc1)n2CCCC1CCCCN1C(=O)OC(C)(C)C. The van der Waals surface area contributed by atoms with Gasteiger partial charge in [-0.3, -0.25) is 0 Å². The summed E-state index contributed by atoms with van der Waals surface area (Å²) < 4.78 is 14.0. The molecule has 0 bridgehead atoms. The quantitative estimate of drug-likeness (QED) is 0.348. The lowest BCUT2D eigenvalue weighted by Crippen LogP contribution is -2.46. The molecule has 4 rings (SSSR count). The van der Waals surface area contributed by atoms with Crippen LogP contribution in [-0.4, -0.2) is 38.7 Å². The Bertz CT molecular complexity index is 1150. The molecule has 1 saturated heterocycles. The standard InChI is InChI=1S/C28H36ClN3O3/c1-20-10-15-25-24(18-20)30-26(19-34-23-13-11-21(29)12-14-23)32(25)17-7-9-22-8-5-6-16-31(22)27(33)35-28(2,3)4/h10-15,18,22H,5-9,16-17,19H2,1-4H3. The molecule has 0 spiro atoms. The van der Waals surface area contributed by atoms with Crippen LogP contribution in [0.25, 0.3) is 11.0 Å². The van der Waals surface area contributed by atoms with Gasteiger partial charge in [-0.15, -0.1) is 0 Å². The molecule has 1 amide bonds. The Morgan fingerprint density at radius 1 is 1.14 bits per heavy atom. The summed E-state index contributed by atoms with van der Waals surface area (Å²) >= 11 is 6.00. The van der Waals surface area contributed by atoms with Crippen molar-refractivity contribution in [1.82, 2.24) is 14.5 Å². The van der Waals surface area contributed by atoms with E-state index in [0.717, 1.165) is 67.8 Å². The molecule has 1 aliphatic heterocycles. The van der Waals surface area contributed by atoms with Gasteiger partial charge in [-0.25, -0.2) is 9.78 Å². The monoisotopic (exact) mass is 497 g/mol. The fourth-order valence-corrected chi connectivity index (χ4v) is 4.80. The number of amides is 1. The van der Waals surface area contributed by atoms with Gasteiger partial charge in [0.15, 0.2) is 0 Å². The molecule has 1 aliphatic rings. The number of nitrogens with zero attached hydrogens (tertiary/aromatic N) is 3. The average molecular weight is 498 g/mol. The molecular weight excluding hydrogens is 462 g/mol. The van der Waals surface area contributed by atoms with E-state index in [-0.39, 0.29) is 12.1 Å². The molecule has 0 radical (unpaired) electrons. The van der Waals surface area contributed by atoms with E-state index in [1.165, 1.54) is 5.56 Å². The van der Waals surface area contributed by atoms with Crippen LogP contribution in [0.2, 0.25) is 5.02 Å². The largest absolute Gasteiger partial charge is 0.486 e. The van der Waals surface area contributed by atoms with E-state index in [2.05, 4.69) is 29.7 Å². The van der Waals surface area contributed by atoms with Crippen molar-refractivity contribution in [2.24, 2.45) is 0 Å². The highest BCUT2D eigenvalue weighted by molar-refractivity contribution is 6.30. The smallest absolute Gasteiger partial charge is 0.410 e. The number of hydrogen-bond acceptors (Lipinski definition) is 4. The summed E-state index contributed by atoms with van der Waals surface area (Å²) in [5, 5.41) is 0.684. The lowest BCUT2D eigenvalue weighted by Gasteiger charge is -2.37. The Morgan fingerprint density at radius 2 is 1.91 bits per heavy atom. The van der Waals surface area contributed by atoms with Gasteiger partial charge in [0.1, 0.15) is 23.8 Å². The highest BCUT2D eigenvalue weighted by atomic mass is 35.5. The van der Waals surface area contributed by atoms with Crippen molar-refractivity contribution in [2.75, 3.05) is 6.54 Å². The number of fused-ring (bicyclic) bond motifs is 1. The molecule has 1 unspecified atom stereocenters. The number of carbonyl (C=O) groups excluding carboxylic acids is 1. The number of carbonyl (C=O) groups is 1. The van der Waals surface area contributed by atoms with Crippen LogP contribution < -0.4 is 4.74 Å². The molecule has 0 aliphatic carbocycles. The number of likely N-dealkylation sites (tertiary alicyclic amines) is 1. The predicted molar refractivity (Wildman–Crippen MR) is 140 cm³/mol. The van der Waals surface area contributed by atoms with Gasteiger partial charge in [0.05, 0.1) is 11.0 Å². The fraction of sp³-hybridized carbons (Fsp3) is 0.500. The van der Waals surface area contributed by atoms with Crippen LogP contribution in [-0.2, 0) is 17.9 Å². The molecule has 2 heterocycles. The van der Waals surface area contributed by atoms with Crippen LogP contribution in [0.1, 0.15) is 64.3 Å². The van der Waals surface area contributed by atoms with Crippen LogP contribution in [0.3, 0.4) is 0 Å². The molecular formula is C28H36ClN3O3. The zero-order chi connectivity index (χ0) is 25.0. The minimum absolute atomic E-state index is 0.192. The van der Waals surface area contributed by atoms with E-state index in [0.29, 0.717) is 11.6 Å². The first-order valence-corrected chi connectivity index (χ1v) is 12.9. The molecule has 0 saturated carbocycles. The number of hydrogen-bond donors (Lipinski definition) is 0. The molecule has 3 aromatic rings. The first-order chi connectivity index (χ1) is 16.7. The third-order valence-electron chi connectivity index (χ3n) is 6.34. The Hall–Kier alpha value is -2.73. The van der Waals surface area contributed by atoms with Crippen molar-refractivity contribution < 1.29 is 14.3 Å². The van der Waals surface area contributed by atoms with Gasteiger partial charge in [-0.2, -0.15) is 0 Å². The van der Waals surface area contributed by atoms with Crippen LogP contribution in [0, 0.1) is 6.92 Å². The Kier molecular flexibility index (Phi) is 7.90. The van der Waals surface area contributed by atoms with E-state index in [1.807, 2.05) is 49.9 Å². The first-order valence-electron chi connectivity index (χ1n) is 12.5. The number of aryl methyl sites for hydroxylation is 2. The van der Waals surface area contributed by atoms with Crippen LogP contribution in [0.5, 0.6) is 5.75 Å². The molecule has 1 aromatic heterocycles. The molecule has 2 aromatic carbocycles. The van der Waals surface area contributed by atoms with Gasteiger partial charge in [0.2, 0.25) is 0 Å². The second kappa shape index (κ2) is 10.9. The number of imidazole rings is 1. The van der Waals surface area contributed by atoms with E-state index >= 15 is 0 Å². The molecule has 7 heteroatoms. The number of halogens is 1. The summed E-state index contributed by atoms with van der Waals surface area (Å²) in [6, 6.07) is 14.0. The number of rotatable bonds is 7. The number of aromatic nitrogens is 2. The second-order valence-electron chi connectivity index (χ2n) is 10.4. The van der Waals surface area contributed by atoms with Gasteiger partial charge in [0, 0.05) is 24.2 Å². The topological polar surface area (TPSA) is 56.6 Å². The van der Waals surface area contributed by atoms with Crippen LogP contribution >= 0.6 is 11.6 Å². The lowest BCUT2D eigenvalue weighted by atomic mass is 9.98. The van der Waals surface area contributed by atoms with Crippen LogP contribution in [0.15, 0.2) is 42.5 Å². The molecule has 6 nitrogen and oxygen atoms in total. The lowest BCUT2D eigenvalue weighted by molar-refractivity contribution is 0.00852. The van der Waals surface area contributed by atoms with E-state index in [9.17, 15) is 4.79 Å². The van der Waals surface area contributed by atoms with Crippen LogP contribution in [0.4, 0.5) is 4.79 Å². The van der Waals surface area contributed by atoms with Gasteiger partial charge >= 0.3 is 6.09 Å². The maximum absolute atomic E-state index is 12.8. The molecule has 35 heavy (non-hydrogen) atoms. The van der Waals surface area contributed by atoms with Gasteiger partial charge < -0.3 is 18.9 Å². The maximum Gasteiger partial charge on any atom is 0.410 e. The highest BCUT2D eigenvalue weighted by Gasteiger charge is 2.30. The van der Waals surface area contributed by atoms with Crippen molar-refractivity contribution in [1.29, 1.82) is 0 Å². The van der Waals surface area contributed by atoms with E-state index in [1.54, 1.807) is 0 Å². The fourth-order valence-electron chi connectivity index (χ4n) is 4.67. The summed E-state index contributed by atoms with van der Waals surface area (Å²) in [6.45, 7) is 9.81. The highest BCUT2D eigenvalue weighted by Crippen LogP contribution is 2.26. The Morgan fingerprint density at radius 3 is 2.66 bits per heavy atom. The Labute approximate surface area is 213 Å². The van der Waals surface area contributed by atoms with Crippen molar-refractivity contribution in [2.45, 2.75) is 84.6 Å². The normalized spacial score (nSPS) is 16.5. The molecule has 1 fully saturated rings. The average Bonchev–Trinajstić information content (AvgIpc) is 3.14. The number of ether oxygens (including phenoxy) is 2. The zero-order valence-electron chi connectivity index (χ0n) is 21.2. The second-order valence-corrected chi connectivity index (χ2v) is 10.8. The third-order valence-corrected chi connectivity index (χ3v) is 6.59. The predicted octanol–water partition coefficient (Wildman–Crippen LogP) is 7.15. The first kappa shape index (κ1) is 25.4. The third kappa shape index (κ3) is 6.69. The minimum Gasteiger partial charge on any atom is -0.486 e. The van der Waals surface area contributed by atoms with Crippen molar-refractivity contribution in [3.05, 3.63) is 58.9 Å². The van der Waals surface area contributed by atoms with Crippen molar-refractivity contribution in [3.63, 3.8) is 0 Å². The molecule has 188 valence electrons. The summed E-state index contributed by atoms with van der Waals surface area (Å²) in [5.41, 5.74) is 2.79. The number of benzene rings is 2. The summed E-state index contributed by atoms with van der Waals surface area (Å²) in [4.78, 5) is 19.6. The summed E-state index contributed by atoms with van der Waals surface area (Å²) in [5.74, 6) is 1.66. The summed E-state index contributed by atoms with van der Waals surface area (Å²) in [6.07, 6.45) is 4.89. The number of piperidine rings is 1. The minimum atomic E-state index is -0.480. The van der Waals surface area contributed by atoms with Gasteiger partial charge in [-0.05, 0) is 102 Å². The molecule has 0 N–H and O–H groups in total. The maximum atomic E-state index is 12.8. The van der Waals surface area contributed by atoms with Crippen molar-refractivity contribution in [3.8, 4) is 5.75 Å². The Balaban J connectivity index is 1.46.